The standard InChI is InChI=1S/C11H21NO2/c1-9-3-2-4-10(13)11(9)12-5-7-14-8-6-12/h9-11,13H,2-8H2,1H3/t9-,10-,11-/m1/s1. The number of rotatable bonds is 1. The topological polar surface area (TPSA) is 32.7 Å². The van der Waals surface area contributed by atoms with E-state index in [4.69, 9.17) is 4.74 Å². The SMILES string of the molecule is C[C@@H]1CCC[C@@H](O)[C@@H]1N1CCOCC1. The molecule has 82 valence electrons. The summed E-state index contributed by atoms with van der Waals surface area (Å²) in [6, 6.07) is 0.382. The largest absolute Gasteiger partial charge is 0.391 e. The number of aliphatic hydroxyl groups excluding tert-OH is 1. The molecular weight excluding hydrogens is 178 g/mol. The zero-order chi connectivity index (χ0) is 9.97. The fraction of sp³-hybridized carbons (Fsp3) is 1.00. The summed E-state index contributed by atoms with van der Waals surface area (Å²) < 4.78 is 5.34. The number of ether oxygens (including phenoxy) is 1. The summed E-state index contributed by atoms with van der Waals surface area (Å²) in [5, 5.41) is 10.0. The van der Waals surface area contributed by atoms with Crippen molar-refractivity contribution in [2.45, 2.75) is 38.3 Å². The molecule has 2 aliphatic rings. The zero-order valence-electron chi connectivity index (χ0n) is 8.98. The average molecular weight is 199 g/mol. The van der Waals surface area contributed by atoms with Gasteiger partial charge in [-0.05, 0) is 18.8 Å². The van der Waals surface area contributed by atoms with Gasteiger partial charge in [-0.15, -0.1) is 0 Å². The summed E-state index contributed by atoms with van der Waals surface area (Å²) in [6.07, 6.45) is 3.31. The van der Waals surface area contributed by atoms with Gasteiger partial charge in [-0.25, -0.2) is 0 Å². The molecule has 1 aliphatic heterocycles. The van der Waals surface area contributed by atoms with Crippen molar-refractivity contribution in [2.24, 2.45) is 5.92 Å². The fourth-order valence-corrected chi connectivity index (χ4v) is 2.85. The molecule has 0 radical (unpaired) electrons. The Morgan fingerprint density at radius 2 is 1.93 bits per heavy atom. The molecule has 0 spiro atoms. The van der Waals surface area contributed by atoms with Gasteiger partial charge in [0.05, 0.1) is 19.3 Å². The van der Waals surface area contributed by atoms with Gasteiger partial charge in [0.25, 0.3) is 0 Å². The Bertz CT molecular complexity index is 170. The molecule has 2 fully saturated rings. The van der Waals surface area contributed by atoms with Crippen molar-refractivity contribution in [2.75, 3.05) is 26.3 Å². The Hall–Kier alpha value is -0.120. The first-order valence-electron chi connectivity index (χ1n) is 5.79. The van der Waals surface area contributed by atoms with Crippen LogP contribution in [0.3, 0.4) is 0 Å². The molecular formula is C11H21NO2. The van der Waals surface area contributed by atoms with E-state index in [0.717, 1.165) is 32.7 Å². The maximum Gasteiger partial charge on any atom is 0.0698 e. The van der Waals surface area contributed by atoms with E-state index in [1.807, 2.05) is 0 Å². The Balaban J connectivity index is 1.97. The second-order valence-corrected chi connectivity index (χ2v) is 4.61. The second kappa shape index (κ2) is 4.60. The Labute approximate surface area is 86.0 Å². The number of morpholine rings is 1. The minimum absolute atomic E-state index is 0.114. The third-order valence-corrected chi connectivity index (χ3v) is 3.60. The summed E-state index contributed by atoms with van der Waals surface area (Å²) in [6.45, 7) is 5.91. The minimum atomic E-state index is -0.114. The van der Waals surface area contributed by atoms with Crippen molar-refractivity contribution in [1.82, 2.24) is 4.90 Å². The third kappa shape index (κ3) is 2.10. The van der Waals surface area contributed by atoms with Gasteiger partial charge in [0.1, 0.15) is 0 Å². The molecule has 1 aliphatic carbocycles. The summed E-state index contributed by atoms with van der Waals surface area (Å²) in [5.41, 5.74) is 0. The number of nitrogens with zero attached hydrogens (tertiary/aromatic N) is 1. The molecule has 1 heterocycles. The summed E-state index contributed by atoms with van der Waals surface area (Å²) in [4.78, 5) is 2.41. The Morgan fingerprint density at radius 3 is 2.57 bits per heavy atom. The van der Waals surface area contributed by atoms with E-state index >= 15 is 0 Å². The first-order chi connectivity index (χ1) is 6.79. The van der Waals surface area contributed by atoms with Crippen molar-refractivity contribution in [1.29, 1.82) is 0 Å². The minimum Gasteiger partial charge on any atom is -0.391 e. The van der Waals surface area contributed by atoms with Crippen molar-refractivity contribution in [3.8, 4) is 0 Å². The van der Waals surface area contributed by atoms with E-state index in [1.165, 1.54) is 12.8 Å². The lowest BCUT2D eigenvalue weighted by Gasteiger charge is -2.43. The predicted octanol–water partition coefficient (Wildman–Crippen LogP) is 0.868. The highest BCUT2D eigenvalue weighted by Gasteiger charge is 2.34. The molecule has 3 atom stereocenters. The van der Waals surface area contributed by atoms with E-state index < -0.39 is 0 Å². The van der Waals surface area contributed by atoms with Crippen LogP contribution < -0.4 is 0 Å². The molecule has 3 heteroatoms. The monoisotopic (exact) mass is 199 g/mol. The first-order valence-corrected chi connectivity index (χ1v) is 5.79. The molecule has 0 aromatic carbocycles. The van der Waals surface area contributed by atoms with Crippen LogP contribution in [0.25, 0.3) is 0 Å². The van der Waals surface area contributed by atoms with Crippen molar-refractivity contribution < 1.29 is 9.84 Å². The van der Waals surface area contributed by atoms with Crippen LogP contribution in [0.5, 0.6) is 0 Å². The van der Waals surface area contributed by atoms with E-state index in [0.29, 0.717) is 12.0 Å². The van der Waals surface area contributed by atoms with E-state index in [-0.39, 0.29) is 6.10 Å². The highest BCUT2D eigenvalue weighted by Crippen LogP contribution is 2.28. The van der Waals surface area contributed by atoms with Gasteiger partial charge < -0.3 is 9.84 Å². The first kappa shape index (κ1) is 10.4. The van der Waals surface area contributed by atoms with Gasteiger partial charge >= 0.3 is 0 Å². The van der Waals surface area contributed by atoms with Gasteiger partial charge in [-0.3, -0.25) is 4.90 Å². The van der Waals surface area contributed by atoms with Crippen LogP contribution in [0.2, 0.25) is 0 Å². The highest BCUT2D eigenvalue weighted by molar-refractivity contribution is 4.88. The molecule has 2 rings (SSSR count). The molecule has 14 heavy (non-hydrogen) atoms. The molecule has 0 aromatic heterocycles. The van der Waals surface area contributed by atoms with Gasteiger partial charge in [0, 0.05) is 19.1 Å². The fourth-order valence-electron chi connectivity index (χ4n) is 2.85. The number of hydrogen-bond donors (Lipinski definition) is 1. The predicted molar refractivity (Wildman–Crippen MR) is 55.2 cm³/mol. The molecule has 0 unspecified atom stereocenters. The number of hydrogen-bond acceptors (Lipinski definition) is 3. The lowest BCUT2D eigenvalue weighted by molar-refractivity contribution is -0.0542. The van der Waals surface area contributed by atoms with Gasteiger partial charge in [0.15, 0.2) is 0 Å². The molecule has 3 nitrogen and oxygen atoms in total. The molecule has 0 aromatic rings. The zero-order valence-corrected chi connectivity index (χ0v) is 8.98. The van der Waals surface area contributed by atoms with Crippen LogP contribution in [0.4, 0.5) is 0 Å². The molecule has 1 saturated carbocycles. The van der Waals surface area contributed by atoms with Crippen LogP contribution in [0.15, 0.2) is 0 Å². The summed E-state index contributed by atoms with van der Waals surface area (Å²) in [5.74, 6) is 0.636. The van der Waals surface area contributed by atoms with E-state index in [1.54, 1.807) is 0 Å². The normalized spacial score (nSPS) is 41.1. The molecule has 0 bridgehead atoms. The lowest BCUT2D eigenvalue weighted by atomic mass is 9.82. The van der Waals surface area contributed by atoms with Gasteiger partial charge in [-0.1, -0.05) is 13.3 Å². The molecule has 0 amide bonds. The summed E-state index contributed by atoms with van der Waals surface area (Å²) in [7, 11) is 0. The smallest absolute Gasteiger partial charge is 0.0698 e. The van der Waals surface area contributed by atoms with E-state index in [9.17, 15) is 5.11 Å². The maximum absolute atomic E-state index is 10.0. The third-order valence-electron chi connectivity index (χ3n) is 3.60. The Kier molecular flexibility index (Phi) is 3.42. The summed E-state index contributed by atoms with van der Waals surface area (Å²) >= 11 is 0. The number of aliphatic hydroxyl groups is 1. The highest BCUT2D eigenvalue weighted by atomic mass is 16.5. The van der Waals surface area contributed by atoms with Crippen LogP contribution in [0.1, 0.15) is 26.2 Å². The van der Waals surface area contributed by atoms with Crippen LogP contribution in [-0.4, -0.2) is 48.5 Å². The lowest BCUT2D eigenvalue weighted by Crippen LogP contribution is -2.53. The molecule has 1 saturated heterocycles. The van der Waals surface area contributed by atoms with Crippen molar-refractivity contribution in [3.63, 3.8) is 0 Å². The van der Waals surface area contributed by atoms with Crippen molar-refractivity contribution >= 4 is 0 Å². The maximum atomic E-state index is 10.0. The second-order valence-electron chi connectivity index (χ2n) is 4.61. The van der Waals surface area contributed by atoms with Gasteiger partial charge in [-0.2, -0.15) is 0 Å². The Morgan fingerprint density at radius 1 is 1.21 bits per heavy atom. The van der Waals surface area contributed by atoms with E-state index in [2.05, 4.69) is 11.8 Å². The van der Waals surface area contributed by atoms with Crippen LogP contribution in [-0.2, 0) is 4.74 Å². The van der Waals surface area contributed by atoms with Crippen LogP contribution >= 0.6 is 0 Å². The van der Waals surface area contributed by atoms with Crippen LogP contribution in [0, 0.1) is 5.92 Å². The average Bonchev–Trinajstić information content (AvgIpc) is 2.19. The van der Waals surface area contributed by atoms with Gasteiger partial charge in [0.2, 0.25) is 0 Å². The van der Waals surface area contributed by atoms with Crippen molar-refractivity contribution in [3.05, 3.63) is 0 Å². The molecule has 1 N–H and O–H groups in total. The quantitative estimate of drug-likeness (QED) is 0.680.